The molecular weight excluding hydrogens is 331 g/mol. The summed E-state index contributed by atoms with van der Waals surface area (Å²) in [6, 6.07) is 3.54. The van der Waals surface area contributed by atoms with Gasteiger partial charge in [-0.1, -0.05) is 17.7 Å². The fraction of sp³-hybridized carbons (Fsp3) is 0.438. The van der Waals surface area contributed by atoms with E-state index in [-0.39, 0.29) is 28.7 Å². The molecule has 1 aliphatic heterocycles. The van der Waals surface area contributed by atoms with Crippen LogP contribution >= 0.6 is 11.6 Å². The average Bonchev–Trinajstić information content (AvgIpc) is 2.43. The number of halogens is 4. The number of carbonyl (C=O) groups is 1. The molecule has 0 spiro atoms. The summed E-state index contributed by atoms with van der Waals surface area (Å²) in [5.74, 6) is -0.254. The van der Waals surface area contributed by atoms with E-state index >= 15 is 0 Å². The summed E-state index contributed by atoms with van der Waals surface area (Å²) in [6.07, 6.45) is -2.03. The summed E-state index contributed by atoms with van der Waals surface area (Å²) in [4.78, 5) is 13.8. The minimum absolute atomic E-state index is 0.0662. The molecule has 2 rings (SSSR count). The van der Waals surface area contributed by atoms with Gasteiger partial charge in [0.15, 0.2) is 0 Å². The lowest BCUT2D eigenvalue weighted by Crippen LogP contribution is -2.47. The van der Waals surface area contributed by atoms with Crippen LogP contribution in [0.4, 0.5) is 13.2 Å². The number of hydrogen-bond acceptors (Lipinski definition) is 2. The Labute approximate surface area is 137 Å². The molecule has 0 aliphatic carbocycles. The zero-order valence-corrected chi connectivity index (χ0v) is 13.5. The van der Waals surface area contributed by atoms with E-state index in [1.54, 1.807) is 4.90 Å². The molecule has 0 N–H and O–H groups in total. The molecule has 23 heavy (non-hydrogen) atoms. The van der Waals surface area contributed by atoms with Crippen molar-refractivity contribution in [1.82, 2.24) is 4.90 Å². The van der Waals surface area contributed by atoms with Crippen LogP contribution in [-0.2, 0) is 15.7 Å². The summed E-state index contributed by atoms with van der Waals surface area (Å²) in [7, 11) is 0. The number of hydrogen-bond donors (Lipinski definition) is 0. The Bertz CT molecular complexity index is 606. The number of carbonyl (C=O) groups excluding carboxylic acids is 1. The van der Waals surface area contributed by atoms with Crippen LogP contribution < -0.4 is 0 Å². The fourth-order valence-corrected chi connectivity index (χ4v) is 2.72. The van der Waals surface area contributed by atoms with Crippen LogP contribution in [0.25, 0.3) is 6.08 Å². The van der Waals surface area contributed by atoms with Gasteiger partial charge in [0.25, 0.3) is 0 Å². The molecule has 0 bridgehead atoms. The van der Waals surface area contributed by atoms with Crippen LogP contribution in [0, 0.1) is 0 Å². The second kappa shape index (κ2) is 6.93. The van der Waals surface area contributed by atoms with Crippen molar-refractivity contribution < 1.29 is 22.7 Å². The van der Waals surface area contributed by atoms with E-state index in [9.17, 15) is 18.0 Å². The number of morpholine rings is 1. The minimum atomic E-state index is -4.53. The third kappa shape index (κ3) is 4.72. The molecule has 1 fully saturated rings. The summed E-state index contributed by atoms with van der Waals surface area (Å²) < 4.78 is 44.0. The number of amides is 1. The quantitative estimate of drug-likeness (QED) is 0.757. The standard InChI is InChI=1S/C16H17ClF3NO2/c1-10-8-21(9-11(2)23-10)15(22)6-4-12-3-5-14(17)13(7-12)16(18,19)20/h3-7,10-11H,8-9H2,1-2H3/b6-4+. The van der Waals surface area contributed by atoms with Crippen molar-refractivity contribution in [2.24, 2.45) is 0 Å². The van der Waals surface area contributed by atoms with E-state index < -0.39 is 11.7 Å². The Hall–Kier alpha value is -1.53. The Morgan fingerprint density at radius 1 is 1.30 bits per heavy atom. The average molecular weight is 348 g/mol. The van der Waals surface area contributed by atoms with Gasteiger partial charge in [-0.2, -0.15) is 13.2 Å². The van der Waals surface area contributed by atoms with Crippen molar-refractivity contribution in [3.8, 4) is 0 Å². The van der Waals surface area contributed by atoms with Gasteiger partial charge in [-0.3, -0.25) is 4.79 Å². The van der Waals surface area contributed by atoms with Crippen molar-refractivity contribution in [3.05, 3.63) is 40.4 Å². The molecule has 7 heteroatoms. The highest BCUT2D eigenvalue weighted by atomic mass is 35.5. The Balaban J connectivity index is 2.12. The highest BCUT2D eigenvalue weighted by molar-refractivity contribution is 6.31. The predicted octanol–water partition coefficient (Wildman–Crippen LogP) is 4.01. The van der Waals surface area contributed by atoms with Crippen LogP contribution in [0.1, 0.15) is 25.0 Å². The first-order chi connectivity index (χ1) is 10.7. The third-order valence-electron chi connectivity index (χ3n) is 3.45. The van der Waals surface area contributed by atoms with Gasteiger partial charge in [0, 0.05) is 19.2 Å². The SMILES string of the molecule is CC1CN(C(=O)/C=C/c2ccc(Cl)c(C(F)(F)F)c2)CC(C)O1. The monoisotopic (exact) mass is 347 g/mol. The number of nitrogens with zero attached hydrogens (tertiary/aromatic N) is 1. The van der Waals surface area contributed by atoms with Crippen LogP contribution in [0.5, 0.6) is 0 Å². The maximum atomic E-state index is 12.8. The van der Waals surface area contributed by atoms with Gasteiger partial charge in [0.1, 0.15) is 0 Å². The number of alkyl halides is 3. The maximum Gasteiger partial charge on any atom is 0.417 e. The van der Waals surface area contributed by atoms with E-state index in [0.29, 0.717) is 13.1 Å². The zero-order valence-electron chi connectivity index (χ0n) is 12.7. The van der Waals surface area contributed by atoms with Crippen LogP contribution in [-0.4, -0.2) is 36.1 Å². The molecule has 1 heterocycles. The molecule has 1 aliphatic rings. The van der Waals surface area contributed by atoms with Gasteiger partial charge in [0.05, 0.1) is 22.8 Å². The molecule has 2 atom stereocenters. The zero-order chi connectivity index (χ0) is 17.2. The van der Waals surface area contributed by atoms with Crippen molar-refractivity contribution in [3.63, 3.8) is 0 Å². The Kier molecular flexibility index (Phi) is 5.37. The lowest BCUT2D eigenvalue weighted by Gasteiger charge is -2.34. The topological polar surface area (TPSA) is 29.5 Å². The van der Waals surface area contributed by atoms with E-state index in [4.69, 9.17) is 16.3 Å². The lowest BCUT2D eigenvalue weighted by molar-refractivity contribution is -0.138. The van der Waals surface area contributed by atoms with Crippen molar-refractivity contribution >= 4 is 23.6 Å². The van der Waals surface area contributed by atoms with E-state index in [1.165, 1.54) is 24.3 Å². The first kappa shape index (κ1) is 17.8. The molecule has 2 unspecified atom stereocenters. The van der Waals surface area contributed by atoms with Gasteiger partial charge in [-0.15, -0.1) is 0 Å². The van der Waals surface area contributed by atoms with E-state index in [1.807, 2.05) is 13.8 Å². The molecule has 0 saturated carbocycles. The third-order valence-corrected chi connectivity index (χ3v) is 3.78. The Morgan fingerprint density at radius 3 is 2.48 bits per heavy atom. The fourth-order valence-electron chi connectivity index (χ4n) is 2.49. The second-order valence-corrected chi connectivity index (χ2v) is 5.98. The van der Waals surface area contributed by atoms with Crippen molar-refractivity contribution in [2.45, 2.75) is 32.2 Å². The molecule has 126 valence electrons. The first-order valence-corrected chi connectivity index (χ1v) is 7.54. The number of benzene rings is 1. The molecule has 0 aromatic heterocycles. The van der Waals surface area contributed by atoms with Crippen molar-refractivity contribution in [1.29, 1.82) is 0 Å². The van der Waals surface area contributed by atoms with Gasteiger partial charge < -0.3 is 9.64 Å². The minimum Gasteiger partial charge on any atom is -0.372 e. The van der Waals surface area contributed by atoms with Gasteiger partial charge in [0.2, 0.25) is 5.91 Å². The highest BCUT2D eigenvalue weighted by Gasteiger charge is 2.33. The van der Waals surface area contributed by atoms with E-state index in [0.717, 1.165) is 6.07 Å². The van der Waals surface area contributed by atoms with E-state index in [2.05, 4.69) is 0 Å². The van der Waals surface area contributed by atoms with Gasteiger partial charge in [-0.05, 0) is 37.6 Å². The number of rotatable bonds is 2. The maximum absolute atomic E-state index is 12.8. The molecule has 1 saturated heterocycles. The molecule has 0 radical (unpaired) electrons. The van der Waals surface area contributed by atoms with Crippen molar-refractivity contribution in [2.75, 3.05) is 13.1 Å². The summed E-state index contributed by atoms with van der Waals surface area (Å²) >= 11 is 5.56. The van der Waals surface area contributed by atoms with Gasteiger partial charge >= 0.3 is 6.18 Å². The summed E-state index contributed by atoms with van der Waals surface area (Å²) in [5, 5.41) is -0.364. The Morgan fingerprint density at radius 2 is 1.91 bits per heavy atom. The molecule has 1 amide bonds. The lowest BCUT2D eigenvalue weighted by atomic mass is 10.1. The summed E-state index contributed by atoms with van der Waals surface area (Å²) in [5.41, 5.74) is -0.646. The predicted molar refractivity (Wildman–Crippen MR) is 82.1 cm³/mol. The highest BCUT2D eigenvalue weighted by Crippen LogP contribution is 2.35. The summed E-state index contributed by atoms with van der Waals surface area (Å²) in [6.45, 7) is 4.66. The normalized spacial score (nSPS) is 22.6. The second-order valence-electron chi connectivity index (χ2n) is 5.57. The first-order valence-electron chi connectivity index (χ1n) is 7.16. The molecule has 1 aromatic rings. The number of ether oxygens (including phenoxy) is 1. The van der Waals surface area contributed by atoms with Gasteiger partial charge in [-0.25, -0.2) is 0 Å². The smallest absolute Gasteiger partial charge is 0.372 e. The largest absolute Gasteiger partial charge is 0.417 e. The molecular formula is C16H17ClF3NO2. The van der Waals surface area contributed by atoms with Crippen LogP contribution in [0.15, 0.2) is 24.3 Å². The molecule has 3 nitrogen and oxygen atoms in total. The van der Waals surface area contributed by atoms with Crippen LogP contribution in [0.3, 0.4) is 0 Å². The molecule has 1 aromatic carbocycles. The van der Waals surface area contributed by atoms with Crippen LogP contribution in [0.2, 0.25) is 5.02 Å².